The monoisotopic (exact) mass is 308 g/mol. The van der Waals surface area contributed by atoms with Gasteiger partial charge in [0.05, 0.1) is 0 Å². The van der Waals surface area contributed by atoms with E-state index in [1.807, 2.05) is 4.90 Å². The van der Waals surface area contributed by atoms with Crippen LogP contribution in [0.4, 0.5) is 8.78 Å². The predicted octanol–water partition coefficient (Wildman–Crippen LogP) is 2.62. The maximum atomic E-state index is 13.2. The van der Waals surface area contributed by atoms with Crippen molar-refractivity contribution in [2.24, 2.45) is 11.7 Å². The van der Waals surface area contributed by atoms with Crippen LogP contribution < -0.4 is 5.73 Å². The standard InChI is InChI=1S/C17H22F2N2O/c1-10-12-2-3-16(7-12)21(10)17(22)9-15(20)6-11-4-13(18)8-14(19)5-11/h4-5,8,10,12,15-16H,2-3,6-7,9,20H2,1H3/t10-,12?,15-,16?/m1/s1. The molecule has 1 saturated carbocycles. The zero-order valence-corrected chi connectivity index (χ0v) is 12.8. The van der Waals surface area contributed by atoms with Crippen molar-refractivity contribution in [1.29, 1.82) is 0 Å². The molecule has 0 aromatic heterocycles. The molecule has 22 heavy (non-hydrogen) atoms. The van der Waals surface area contributed by atoms with Crippen molar-refractivity contribution in [2.75, 3.05) is 0 Å². The number of carbonyl (C=O) groups is 1. The molecule has 1 saturated heterocycles. The van der Waals surface area contributed by atoms with Crippen molar-refractivity contribution in [1.82, 2.24) is 4.90 Å². The normalized spacial score (nSPS) is 28.2. The fourth-order valence-corrected chi connectivity index (χ4v) is 4.11. The number of amides is 1. The summed E-state index contributed by atoms with van der Waals surface area (Å²) in [5, 5.41) is 0. The molecule has 120 valence electrons. The number of hydrogen-bond acceptors (Lipinski definition) is 2. The van der Waals surface area contributed by atoms with Gasteiger partial charge in [0.15, 0.2) is 0 Å². The molecule has 5 heteroatoms. The molecule has 1 aromatic rings. The maximum Gasteiger partial charge on any atom is 0.224 e. The summed E-state index contributed by atoms with van der Waals surface area (Å²) in [5.41, 5.74) is 6.52. The molecule has 1 heterocycles. The van der Waals surface area contributed by atoms with E-state index in [-0.39, 0.29) is 12.3 Å². The number of carbonyl (C=O) groups excluding carboxylic acids is 1. The van der Waals surface area contributed by atoms with Crippen LogP contribution in [0.2, 0.25) is 0 Å². The van der Waals surface area contributed by atoms with Crippen molar-refractivity contribution < 1.29 is 13.6 Å². The van der Waals surface area contributed by atoms with E-state index >= 15 is 0 Å². The molecular formula is C17H22F2N2O. The average Bonchev–Trinajstić information content (AvgIpc) is 2.97. The van der Waals surface area contributed by atoms with Crippen LogP contribution in [0.25, 0.3) is 0 Å². The van der Waals surface area contributed by atoms with Gasteiger partial charge in [-0.1, -0.05) is 0 Å². The first-order valence-corrected chi connectivity index (χ1v) is 7.95. The first-order valence-electron chi connectivity index (χ1n) is 7.95. The summed E-state index contributed by atoms with van der Waals surface area (Å²) in [6.45, 7) is 2.11. The SMILES string of the molecule is C[C@@H]1C2CCC(C2)N1C(=O)C[C@H](N)Cc1cc(F)cc(F)c1. The molecule has 0 radical (unpaired) electrons. The summed E-state index contributed by atoms with van der Waals surface area (Å²) >= 11 is 0. The van der Waals surface area contributed by atoms with Crippen molar-refractivity contribution >= 4 is 5.91 Å². The van der Waals surface area contributed by atoms with Crippen LogP contribution in [0.5, 0.6) is 0 Å². The van der Waals surface area contributed by atoms with E-state index in [9.17, 15) is 13.6 Å². The molecule has 3 nitrogen and oxygen atoms in total. The first-order chi connectivity index (χ1) is 10.4. The lowest BCUT2D eigenvalue weighted by molar-refractivity contribution is -0.135. The minimum atomic E-state index is -0.612. The second-order valence-electron chi connectivity index (χ2n) is 6.71. The van der Waals surface area contributed by atoms with Gasteiger partial charge in [0.1, 0.15) is 11.6 Å². The Morgan fingerprint density at radius 3 is 2.59 bits per heavy atom. The Bertz CT molecular complexity index is 556. The van der Waals surface area contributed by atoms with E-state index in [0.29, 0.717) is 30.0 Å². The Kier molecular flexibility index (Phi) is 4.17. The van der Waals surface area contributed by atoms with Crippen molar-refractivity contribution in [2.45, 2.75) is 57.2 Å². The van der Waals surface area contributed by atoms with Crippen LogP contribution >= 0.6 is 0 Å². The second-order valence-corrected chi connectivity index (χ2v) is 6.71. The Balaban J connectivity index is 1.59. The molecule has 1 amide bonds. The smallest absolute Gasteiger partial charge is 0.224 e. The Labute approximate surface area is 129 Å². The lowest BCUT2D eigenvalue weighted by atomic mass is 9.99. The maximum absolute atomic E-state index is 13.2. The lowest BCUT2D eigenvalue weighted by Crippen LogP contribution is -2.45. The number of hydrogen-bond donors (Lipinski definition) is 1. The van der Waals surface area contributed by atoms with Crippen molar-refractivity contribution in [3.8, 4) is 0 Å². The number of likely N-dealkylation sites (tertiary alicyclic amines) is 1. The molecule has 1 aliphatic carbocycles. The number of piperidine rings is 1. The number of nitrogens with two attached hydrogens (primary N) is 1. The van der Waals surface area contributed by atoms with Gasteiger partial charge in [0.25, 0.3) is 0 Å². The highest BCUT2D eigenvalue weighted by Crippen LogP contribution is 2.42. The van der Waals surface area contributed by atoms with E-state index in [0.717, 1.165) is 18.9 Å². The average molecular weight is 308 g/mol. The van der Waals surface area contributed by atoms with Gasteiger partial charge in [-0.3, -0.25) is 4.79 Å². The van der Waals surface area contributed by atoms with E-state index in [1.165, 1.54) is 18.6 Å². The summed E-state index contributed by atoms with van der Waals surface area (Å²) in [5.74, 6) is -0.524. The highest BCUT2D eigenvalue weighted by molar-refractivity contribution is 5.78. The van der Waals surface area contributed by atoms with Gasteiger partial charge in [-0.2, -0.15) is 0 Å². The number of halogens is 2. The van der Waals surface area contributed by atoms with E-state index in [1.54, 1.807) is 0 Å². The molecular weight excluding hydrogens is 286 g/mol. The topological polar surface area (TPSA) is 46.3 Å². The van der Waals surface area contributed by atoms with Crippen LogP contribution in [-0.4, -0.2) is 28.9 Å². The van der Waals surface area contributed by atoms with Crippen molar-refractivity contribution in [3.63, 3.8) is 0 Å². The minimum Gasteiger partial charge on any atom is -0.337 e. The third-order valence-corrected chi connectivity index (χ3v) is 5.10. The summed E-state index contributed by atoms with van der Waals surface area (Å²) in [4.78, 5) is 14.5. The summed E-state index contributed by atoms with van der Waals surface area (Å²) < 4.78 is 26.4. The molecule has 2 bridgehead atoms. The molecule has 2 N–H and O–H groups in total. The van der Waals surface area contributed by atoms with Crippen LogP contribution in [0, 0.1) is 17.6 Å². The molecule has 2 aliphatic rings. The molecule has 3 rings (SSSR count). The van der Waals surface area contributed by atoms with Gasteiger partial charge in [0.2, 0.25) is 5.91 Å². The van der Waals surface area contributed by atoms with Gasteiger partial charge in [-0.05, 0) is 56.2 Å². The molecule has 1 aromatic carbocycles. The predicted molar refractivity (Wildman–Crippen MR) is 80.1 cm³/mol. The second kappa shape index (κ2) is 5.95. The Morgan fingerprint density at radius 1 is 1.32 bits per heavy atom. The van der Waals surface area contributed by atoms with E-state index in [4.69, 9.17) is 5.73 Å². The Morgan fingerprint density at radius 2 is 2.00 bits per heavy atom. The van der Waals surface area contributed by atoms with Crippen LogP contribution in [0.15, 0.2) is 18.2 Å². The van der Waals surface area contributed by atoms with Gasteiger partial charge in [-0.25, -0.2) is 8.78 Å². The molecule has 4 atom stereocenters. The number of fused-ring (bicyclic) bond motifs is 2. The Hall–Kier alpha value is -1.49. The zero-order chi connectivity index (χ0) is 15.9. The van der Waals surface area contributed by atoms with Crippen LogP contribution in [-0.2, 0) is 11.2 Å². The zero-order valence-electron chi connectivity index (χ0n) is 12.8. The van der Waals surface area contributed by atoms with Gasteiger partial charge in [0, 0.05) is 30.6 Å². The lowest BCUT2D eigenvalue weighted by Gasteiger charge is -2.34. The summed E-state index contributed by atoms with van der Waals surface area (Å²) in [6.07, 6.45) is 3.94. The number of rotatable bonds is 4. The summed E-state index contributed by atoms with van der Waals surface area (Å²) in [6, 6.07) is 3.63. The first kappa shape index (κ1) is 15.4. The summed E-state index contributed by atoms with van der Waals surface area (Å²) in [7, 11) is 0. The quantitative estimate of drug-likeness (QED) is 0.929. The van der Waals surface area contributed by atoms with Crippen LogP contribution in [0.1, 0.15) is 38.2 Å². The van der Waals surface area contributed by atoms with Gasteiger partial charge >= 0.3 is 0 Å². The van der Waals surface area contributed by atoms with Crippen molar-refractivity contribution in [3.05, 3.63) is 35.4 Å². The largest absolute Gasteiger partial charge is 0.337 e. The number of nitrogens with zero attached hydrogens (tertiary/aromatic N) is 1. The third kappa shape index (κ3) is 3.00. The third-order valence-electron chi connectivity index (χ3n) is 5.10. The van der Waals surface area contributed by atoms with E-state index < -0.39 is 17.7 Å². The molecule has 2 unspecified atom stereocenters. The van der Waals surface area contributed by atoms with Crippen LogP contribution in [0.3, 0.4) is 0 Å². The molecule has 0 spiro atoms. The fourth-order valence-electron chi connectivity index (χ4n) is 4.11. The highest BCUT2D eigenvalue weighted by Gasteiger charge is 2.45. The fraction of sp³-hybridized carbons (Fsp3) is 0.588. The van der Waals surface area contributed by atoms with E-state index in [2.05, 4.69) is 6.92 Å². The minimum absolute atomic E-state index is 0.0732. The van der Waals surface area contributed by atoms with Gasteiger partial charge < -0.3 is 10.6 Å². The molecule has 2 fully saturated rings. The molecule has 1 aliphatic heterocycles. The number of benzene rings is 1. The highest BCUT2D eigenvalue weighted by atomic mass is 19.1. The van der Waals surface area contributed by atoms with Gasteiger partial charge in [-0.15, -0.1) is 0 Å².